The van der Waals surface area contributed by atoms with Gasteiger partial charge in [-0.1, -0.05) is 39.5 Å². The summed E-state index contributed by atoms with van der Waals surface area (Å²) in [7, 11) is 0. The maximum absolute atomic E-state index is 10.00. The molecule has 0 fully saturated rings. The number of fused-ring (bicyclic) bond motifs is 2. The Morgan fingerprint density at radius 2 is 1.22 bits per heavy atom. The molecule has 1 aromatic rings. The van der Waals surface area contributed by atoms with E-state index in [2.05, 4.69) is 13.8 Å². The molecule has 0 saturated carbocycles. The van der Waals surface area contributed by atoms with E-state index >= 15 is 0 Å². The molecule has 18 heavy (non-hydrogen) atoms. The van der Waals surface area contributed by atoms with Crippen LogP contribution in [0.1, 0.15) is 75.3 Å². The number of hydrogen-bond donors (Lipinski definition) is 2. The first-order valence-electron chi connectivity index (χ1n) is 7.15. The summed E-state index contributed by atoms with van der Waals surface area (Å²) in [6.45, 7) is 4.33. The van der Waals surface area contributed by atoms with Crippen LogP contribution in [0, 0.1) is 0 Å². The van der Waals surface area contributed by atoms with E-state index in [1.54, 1.807) is 0 Å². The van der Waals surface area contributed by atoms with Gasteiger partial charge in [0.05, 0.1) is 0 Å². The Morgan fingerprint density at radius 1 is 0.778 bits per heavy atom. The molecule has 2 N–H and O–H groups in total. The van der Waals surface area contributed by atoms with E-state index in [0.717, 1.165) is 24.0 Å². The van der Waals surface area contributed by atoms with Crippen LogP contribution in [0.25, 0.3) is 0 Å². The molecule has 0 aromatic heterocycles. The van der Waals surface area contributed by atoms with Crippen LogP contribution in [0.3, 0.4) is 0 Å². The molecule has 100 valence electrons. The summed E-state index contributed by atoms with van der Waals surface area (Å²) in [5.41, 5.74) is 1.99. The highest BCUT2D eigenvalue weighted by Gasteiger charge is 2.18. The van der Waals surface area contributed by atoms with Gasteiger partial charge in [-0.3, -0.25) is 0 Å². The van der Waals surface area contributed by atoms with Crippen LogP contribution in [-0.2, 0) is 0 Å². The van der Waals surface area contributed by atoms with Gasteiger partial charge in [0.1, 0.15) is 11.5 Å². The Morgan fingerprint density at radius 3 is 1.67 bits per heavy atom. The number of aromatic hydroxyl groups is 2. The lowest BCUT2D eigenvalue weighted by atomic mass is 9.89. The van der Waals surface area contributed by atoms with Gasteiger partial charge in [0.25, 0.3) is 0 Å². The van der Waals surface area contributed by atoms with Gasteiger partial charge >= 0.3 is 0 Å². The maximum Gasteiger partial charge on any atom is 0.122 e. The van der Waals surface area contributed by atoms with Crippen LogP contribution in [-0.4, -0.2) is 10.2 Å². The molecule has 1 aliphatic carbocycles. The summed E-state index contributed by atoms with van der Waals surface area (Å²) in [5.74, 6) is 1.23. The summed E-state index contributed by atoms with van der Waals surface area (Å²) in [6, 6.07) is 3.54. The summed E-state index contributed by atoms with van der Waals surface area (Å²) in [5, 5.41) is 20.0. The molecule has 2 bridgehead atoms. The van der Waals surface area contributed by atoms with Gasteiger partial charge in [-0.2, -0.15) is 0 Å². The third-order valence-electron chi connectivity index (χ3n) is 4.26. The minimum atomic E-state index is 0.246. The largest absolute Gasteiger partial charge is 0.508 e. The molecule has 0 spiro atoms. The molecule has 0 saturated heterocycles. The molecule has 2 heteroatoms. The lowest BCUT2D eigenvalue weighted by Gasteiger charge is -2.18. The van der Waals surface area contributed by atoms with Gasteiger partial charge < -0.3 is 10.2 Å². The molecular weight excluding hydrogens is 224 g/mol. The van der Waals surface area contributed by atoms with Crippen molar-refractivity contribution in [1.29, 1.82) is 0 Å². The van der Waals surface area contributed by atoms with E-state index in [4.69, 9.17) is 0 Å². The van der Waals surface area contributed by atoms with E-state index in [1.165, 1.54) is 31.7 Å². The molecule has 2 rings (SSSR count). The number of rotatable bonds is 0. The topological polar surface area (TPSA) is 40.5 Å². The third kappa shape index (κ3) is 2.80. The Kier molecular flexibility index (Phi) is 4.15. The predicted molar refractivity (Wildman–Crippen MR) is 74.3 cm³/mol. The fraction of sp³-hybridized carbons (Fsp3) is 0.625. The molecule has 2 atom stereocenters. The monoisotopic (exact) mass is 248 g/mol. The first-order chi connectivity index (χ1) is 8.59. The molecule has 2 unspecified atom stereocenters. The second kappa shape index (κ2) is 5.64. The molecule has 0 amide bonds. The average Bonchev–Trinajstić information content (AvgIpc) is 2.34. The number of phenolic OH excluding ortho intramolecular Hbond substituents is 2. The first-order valence-corrected chi connectivity index (χ1v) is 7.15. The highest BCUT2D eigenvalue weighted by molar-refractivity contribution is 5.47. The zero-order valence-corrected chi connectivity index (χ0v) is 11.4. The summed E-state index contributed by atoms with van der Waals surface area (Å²) in [4.78, 5) is 0. The van der Waals surface area contributed by atoms with E-state index in [9.17, 15) is 10.2 Å². The van der Waals surface area contributed by atoms with Gasteiger partial charge in [-0.05, 0) is 41.9 Å². The van der Waals surface area contributed by atoms with Crippen molar-refractivity contribution in [2.24, 2.45) is 0 Å². The quantitative estimate of drug-likeness (QED) is 0.701. The zero-order valence-electron chi connectivity index (χ0n) is 11.4. The SMILES string of the molecule is CC1CCCCCCC(C)c2cc1c(O)cc2O. The highest BCUT2D eigenvalue weighted by Crippen LogP contribution is 2.39. The van der Waals surface area contributed by atoms with Crippen molar-refractivity contribution >= 4 is 0 Å². The van der Waals surface area contributed by atoms with Crippen molar-refractivity contribution in [2.45, 2.75) is 64.2 Å². The Bertz CT molecular complexity index is 377. The minimum Gasteiger partial charge on any atom is -0.508 e. The molecule has 0 aliphatic heterocycles. The zero-order chi connectivity index (χ0) is 13.1. The third-order valence-corrected chi connectivity index (χ3v) is 4.26. The number of phenols is 2. The highest BCUT2D eigenvalue weighted by atomic mass is 16.3. The Labute approximate surface area is 110 Å². The van der Waals surface area contributed by atoms with Gasteiger partial charge in [0.15, 0.2) is 0 Å². The first kappa shape index (κ1) is 13.3. The standard InChI is InChI=1S/C16H24O2/c1-11-7-5-3-4-6-8-12(2)14-9-13(11)15(17)10-16(14)18/h9-12,17-18H,3-8H2,1-2H3. The molecule has 1 aliphatic rings. The average molecular weight is 248 g/mol. The lowest BCUT2D eigenvalue weighted by Crippen LogP contribution is -1.99. The van der Waals surface area contributed by atoms with Gasteiger partial charge in [-0.25, -0.2) is 0 Å². The normalized spacial score (nSPS) is 25.4. The van der Waals surface area contributed by atoms with Crippen LogP contribution in [0.5, 0.6) is 11.5 Å². The van der Waals surface area contributed by atoms with E-state index in [-0.39, 0.29) is 11.5 Å². The van der Waals surface area contributed by atoms with Crippen molar-refractivity contribution in [2.75, 3.05) is 0 Å². The summed E-state index contributed by atoms with van der Waals surface area (Å²) >= 11 is 0. The predicted octanol–water partition coefficient (Wildman–Crippen LogP) is 4.66. The van der Waals surface area contributed by atoms with Gasteiger partial charge in [0.2, 0.25) is 0 Å². The van der Waals surface area contributed by atoms with Crippen LogP contribution in [0.4, 0.5) is 0 Å². The molecule has 0 heterocycles. The van der Waals surface area contributed by atoms with Crippen LogP contribution in [0.2, 0.25) is 0 Å². The molecule has 0 radical (unpaired) electrons. The molecule has 2 nitrogen and oxygen atoms in total. The van der Waals surface area contributed by atoms with Crippen molar-refractivity contribution in [3.63, 3.8) is 0 Å². The van der Waals surface area contributed by atoms with Crippen molar-refractivity contribution in [1.82, 2.24) is 0 Å². The van der Waals surface area contributed by atoms with Crippen molar-refractivity contribution < 1.29 is 10.2 Å². The van der Waals surface area contributed by atoms with Crippen LogP contribution >= 0.6 is 0 Å². The van der Waals surface area contributed by atoms with E-state index in [1.807, 2.05) is 6.07 Å². The smallest absolute Gasteiger partial charge is 0.122 e. The number of benzene rings is 1. The Hall–Kier alpha value is -1.18. The van der Waals surface area contributed by atoms with E-state index < -0.39 is 0 Å². The fourth-order valence-electron chi connectivity index (χ4n) is 2.97. The molecular formula is C16H24O2. The summed E-state index contributed by atoms with van der Waals surface area (Å²) in [6.07, 6.45) is 7.24. The minimum absolute atomic E-state index is 0.246. The summed E-state index contributed by atoms with van der Waals surface area (Å²) < 4.78 is 0. The van der Waals surface area contributed by atoms with E-state index in [0.29, 0.717) is 11.8 Å². The van der Waals surface area contributed by atoms with Crippen LogP contribution in [0.15, 0.2) is 12.1 Å². The second-order valence-corrected chi connectivity index (χ2v) is 5.76. The Balaban J connectivity index is 2.39. The lowest BCUT2D eigenvalue weighted by molar-refractivity contribution is 0.433. The van der Waals surface area contributed by atoms with Gasteiger partial charge in [-0.15, -0.1) is 0 Å². The van der Waals surface area contributed by atoms with Crippen LogP contribution < -0.4 is 0 Å². The maximum atomic E-state index is 10.00. The van der Waals surface area contributed by atoms with Crippen molar-refractivity contribution in [3.05, 3.63) is 23.3 Å². The molecule has 1 aromatic carbocycles. The number of hydrogen-bond acceptors (Lipinski definition) is 2. The second-order valence-electron chi connectivity index (χ2n) is 5.76. The van der Waals surface area contributed by atoms with Gasteiger partial charge in [0, 0.05) is 6.07 Å². The fourth-order valence-corrected chi connectivity index (χ4v) is 2.97. The van der Waals surface area contributed by atoms with Crippen molar-refractivity contribution in [3.8, 4) is 11.5 Å².